The second-order valence-electron chi connectivity index (χ2n) is 7.31. The molecule has 0 atom stereocenters. The second-order valence-corrected chi connectivity index (χ2v) is 8.66. The zero-order chi connectivity index (χ0) is 22.9. The van der Waals surface area contributed by atoms with E-state index in [0.717, 1.165) is 41.5 Å². The lowest BCUT2D eigenvalue weighted by atomic mass is 10.1. The second kappa shape index (κ2) is 11.9. The van der Waals surface area contributed by atoms with Crippen molar-refractivity contribution in [2.75, 3.05) is 11.1 Å². The largest absolute Gasteiger partial charge is 0.484 e. The molecule has 32 heavy (non-hydrogen) atoms. The highest BCUT2D eigenvalue weighted by molar-refractivity contribution is 7.99. The monoisotopic (exact) mass is 472 g/mol. The Morgan fingerprint density at radius 2 is 1.81 bits per heavy atom. The van der Waals surface area contributed by atoms with Crippen LogP contribution in [0.1, 0.15) is 51.0 Å². The number of nitrogens with zero attached hydrogens (tertiary/aromatic N) is 3. The van der Waals surface area contributed by atoms with Gasteiger partial charge >= 0.3 is 0 Å². The molecular weight excluding hydrogens is 444 g/mol. The molecule has 1 aromatic heterocycles. The number of rotatable bonds is 11. The highest BCUT2D eigenvalue weighted by Gasteiger charge is 2.20. The molecule has 0 saturated carbocycles. The van der Waals surface area contributed by atoms with Crippen molar-refractivity contribution in [2.45, 2.75) is 57.8 Å². The standard InChI is InChI=1S/C24H29ClN4O2S/c1-4-17-11-7-9-13-20(17)26-23(30)16-32-24-28-27-22(29(24)18(5-2)6-3)15-31-21-14-10-8-12-19(21)25/h7-14,18H,4-6,15-16H2,1-3H3,(H,26,30). The third-order valence-electron chi connectivity index (χ3n) is 5.24. The number of halogens is 1. The highest BCUT2D eigenvalue weighted by Crippen LogP contribution is 2.28. The molecule has 3 aromatic rings. The molecule has 6 nitrogen and oxygen atoms in total. The maximum atomic E-state index is 12.6. The molecule has 0 aliphatic carbocycles. The first kappa shape index (κ1) is 24.1. The normalized spacial score (nSPS) is 11.0. The summed E-state index contributed by atoms with van der Waals surface area (Å²) in [6.07, 6.45) is 2.72. The Hall–Kier alpha value is -2.51. The number of anilines is 1. The van der Waals surface area contributed by atoms with Crippen molar-refractivity contribution in [1.29, 1.82) is 0 Å². The fourth-order valence-electron chi connectivity index (χ4n) is 3.50. The van der Waals surface area contributed by atoms with Crippen molar-refractivity contribution in [3.05, 3.63) is 64.9 Å². The van der Waals surface area contributed by atoms with E-state index < -0.39 is 0 Å². The van der Waals surface area contributed by atoms with Crippen LogP contribution >= 0.6 is 23.4 Å². The number of carbonyl (C=O) groups excluding carboxylic acids is 1. The van der Waals surface area contributed by atoms with Crippen LogP contribution in [0.5, 0.6) is 5.75 Å². The van der Waals surface area contributed by atoms with Crippen LogP contribution in [-0.4, -0.2) is 26.4 Å². The summed E-state index contributed by atoms with van der Waals surface area (Å²) in [5.41, 5.74) is 1.97. The Morgan fingerprint density at radius 3 is 2.53 bits per heavy atom. The third-order valence-corrected chi connectivity index (χ3v) is 6.50. The molecule has 0 radical (unpaired) electrons. The first-order valence-corrected chi connectivity index (χ1v) is 12.2. The molecule has 1 heterocycles. The number of aromatic nitrogens is 3. The fourth-order valence-corrected chi connectivity index (χ4v) is 4.51. The van der Waals surface area contributed by atoms with Gasteiger partial charge < -0.3 is 14.6 Å². The zero-order valence-electron chi connectivity index (χ0n) is 18.7. The fraction of sp³-hybridized carbons (Fsp3) is 0.375. The molecule has 0 aliphatic rings. The van der Waals surface area contributed by atoms with Gasteiger partial charge in [0.2, 0.25) is 5.91 Å². The van der Waals surface area contributed by atoms with E-state index in [1.165, 1.54) is 11.8 Å². The molecular formula is C24H29ClN4O2S. The van der Waals surface area contributed by atoms with Crippen LogP contribution in [0.15, 0.2) is 53.7 Å². The molecule has 1 amide bonds. The van der Waals surface area contributed by atoms with Gasteiger partial charge in [0.1, 0.15) is 12.4 Å². The number of para-hydroxylation sites is 2. The number of thioether (sulfide) groups is 1. The van der Waals surface area contributed by atoms with E-state index in [1.807, 2.05) is 42.5 Å². The molecule has 0 bridgehead atoms. The molecule has 1 N–H and O–H groups in total. The molecule has 0 spiro atoms. The van der Waals surface area contributed by atoms with Crippen molar-refractivity contribution in [3.8, 4) is 5.75 Å². The van der Waals surface area contributed by atoms with Gasteiger partial charge in [-0.3, -0.25) is 4.79 Å². The first-order valence-electron chi connectivity index (χ1n) is 10.9. The van der Waals surface area contributed by atoms with Gasteiger partial charge in [-0.1, -0.05) is 74.5 Å². The number of hydrogen-bond donors (Lipinski definition) is 1. The van der Waals surface area contributed by atoms with Crippen molar-refractivity contribution in [2.24, 2.45) is 0 Å². The van der Waals surface area contributed by atoms with E-state index in [4.69, 9.17) is 16.3 Å². The van der Waals surface area contributed by atoms with Gasteiger partial charge in [0.05, 0.1) is 10.8 Å². The van der Waals surface area contributed by atoms with E-state index in [9.17, 15) is 4.79 Å². The zero-order valence-corrected chi connectivity index (χ0v) is 20.2. The van der Waals surface area contributed by atoms with Crippen LogP contribution in [0, 0.1) is 0 Å². The Kier molecular flexibility index (Phi) is 9.00. The Labute approximate surface area is 198 Å². The van der Waals surface area contributed by atoms with Crippen LogP contribution in [-0.2, 0) is 17.8 Å². The summed E-state index contributed by atoms with van der Waals surface area (Å²) >= 11 is 7.60. The van der Waals surface area contributed by atoms with Crippen LogP contribution < -0.4 is 10.1 Å². The quantitative estimate of drug-likeness (QED) is 0.338. The van der Waals surface area contributed by atoms with Crippen LogP contribution in [0.2, 0.25) is 5.02 Å². The van der Waals surface area contributed by atoms with E-state index in [-0.39, 0.29) is 24.3 Å². The van der Waals surface area contributed by atoms with Crippen molar-refractivity contribution in [3.63, 3.8) is 0 Å². The van der Waals surface area contributed by atoms with Gasteiger partial charge in [0, 0.05) is 11.7 Å². The number of ether oxygens (including phenoxy) is 1. The van der Waals surface area contributed by atoms with Crippen LogP contribution in [0.3, 0.4) is 0 Å². The number of hydrogen-bond acceptors (Lipinski definition) is 5. The summed E-state index contributed by atoms with van der Waals surface area (Å²) in [4.78, 5) is 12.6. The number of nitrogens with one attached hydrogen (secondary N) is 1. The minimum atomic E-state index is -0.0659. The molecule has 0 aliphatic heterocycles. The predicted molar refractivity (Wildman–Crippen MR) is 131 cm³/mol. The number of aryl methyl sites for hydroxylation is 1. The lowest BCUT2D eigenvalue weighted by molar-refractivity contribution is -0.113. The summed E-state index contributed by atoms with van der Waals surface area (Å²) in [6, 6.07) is 15.4. The molecule has 0 unspecified atom stereocenters. The van der Waals surface area contributed by atoms with Crippen molar-refractivity contribution >= 4 is 35.0 Å². The Balaban J connectivity index is 1.71. The summed E-state index contributed by atoms with van der Waals surface area (Å²) in [5, 5.41) is 13.0. The van der Waals surface area contributed by atoms with E-state index in [2.05, 4.69) is 40.9 Å². The molecule has 2 aromatic carbocycles. The van der Waals surface area contributed by atoms with Crippen LogP contribution in [0.25, 0.3) is 0 Å². The Morgan fingerprint density at radius 1 is 1.09 bits per heavy atom. The van der Waals surface area contributed by atoms with Gasteiger partial charge in [-0.05, 0) is 43.0 Å². The summed E-state index contributed by atoms with van der Waals surface area (Å²) in [5.74, 6) is 1.51. The molecule has 3 rings (SSSR count). The number of benzene rings is 2. The lowest BCUT2D eigenvalue weighted by Gasteiger charge is -2.19. The maximum absolute atomic E-state index is 12.6. The molecule has 170 valence electrons. The average Bonchev–Trinajstić information content (AvgIpc) is 3.21. The van der Waals surface area contributed by atoms with E-state index in [1.54, 1.807) is 6.07 Å². The summed E-state index contributed by atoms with van der Waals surface area (Å²) in [6.45, 7) is 6.60. The van der Waals surface area contributed by atoms with Gasteiger partial charge in [-0.15, -0.1) is 10.2 Å². The van der Waals surface area contributed by atoms with Gasteiger partial charge in [0.25, 0.3) is 0 Å². The van der Waals surface area contributed by atoms with Gasteiger partial charge in [-0.25, -0.2) is 0 Å². The van der Waals surface area contributed by atoms with Gasteiger partial charge in [0.15, 0.2) is 11.0 Å². The summed E-state index contributed by atoms with van der Waals surface area (Å²) < 4.78 is 7.99. The molecule has 0 fully saturated rings. The summed E-state index contributed by atoms with van der Waals surface area (Å²) in [7, 11) is 0. The number of carbonyl (C=O) groups is 1. The predicted octanol–water partition coefficient (Wildman–Crippen LogP) is 6.16. The number of amides is 1. The maximum Gasteiger partial charge on any atom is 0.234 e. The third kappa shape index (κ3) is 6.04. The Bertz CT molecular complexity index is 1040. The van der Waals surface area contributed by atoms with E-state index in [0.29, 0.717) is 10.8 Å². The smallest absolute Gasteiger partial charge is 0.234 e. The van der Waals surface area contributed by atoms with E-state index >= 15 is 0 Å². The molecule has 0 saturated heterocycles. The lowest BCUT2D eigenvalue weighted by Crippen LogP contribution is -2.17. The van der Waals surface area contributed by atoms with Crippen LogP contribution in [0.4, 0.5) is 5.69 Å². The minimum Gasteiger partial charge on any atom is -0.484 e. The van der Waals surface area contributed by atoms with Crippen molar-refractivity contribution in [1.82, 2.24) is 14.8 Å². The average molecular weight is 473 g/mol. The molecule has 8 heteroatoms. The topological polar surface area (TPSA) is 69.0 Å². The minimum absolute atomic E-state index is 0.0659. The highest BCUT2D eigenvalue weighted by atomic mass is 35.5. The van der Waals surface area contributed by atoms with Crippen molar-refractivity contribution < 1.29 is 9.53 Å². The SMILES string of the molecule is CCc1ccccc1NC(=O)CSc1nnc(COc2ccccc2Cl)n1C(CC)CC. The first-order chi connectivity index (χ1) is 15.6. The van der Waals surface area contributed by atoms with Gasteiger partial charge in [-0.2, -0.15) is 0 Å².